The first-order valence-electron chi connectivity index (χ1n) is 6.75. The van der Waals surface area contributed by atoms with E-state index >= 15 is 0 Å². The maximum Gasteiger partial charge on any atom is 0.243 e. The van der Waals surface area contributed by atoms with Crippen LogP contribution in [0.4, 0.5) is 27.9 Å². The second-order valence-corrected chi connectivity index (χ2v) is 4.73. The van der Waals surface area contributed by atoms with Gasteiger partial charge in [-0.05, 0) is 25.0 Å². The van der Waals surface area contributed by atoms with Crippen LogP contribution < -0.4 is 21.5 Å². The summed E-state index contributed by atoms with van der Waals surface area (Å²) in [4.78, 5) is 14.7. The van der Waals surface area contributed by atoms with Crippen molar-refractivity contribution in [1.82, 2.24) is 15.0 Å². The first kappa shape index (κ1) is 13.5. The Kier molecular flexibility index (Phi) is 3.78. The third kappa shape index (κ3) is 3.00. The largest absolute Gasteiger partial charge is 0.341 e. The Balaban J connectivity index is 1.90. The van der Waals surface area contributed by atoms with Crippen LogP contribution in [0.3, 0.4) is 0 Å². The predicted octanol–water partition coefficient (Wildman–Crippen LogP) is 1.64. The van der Waals surface area contributed by atoms with Gasteiger partial charge in [-0.1, -0.05) is 12.1 Å². The minimum atomic E-state index is -0.372. The molecule has 0 unspecified atom stereocenters. The van der Waals surface area contributed by atoms with Crippen LogP contribution in [0.1, 0.15) is 12.8 Å². The molecule has 1 aromatic carbocycles. The Morgan fingerprint density at radius 3 is 2.48 bits per heavy atom. The molecule has 0 saturated carbocycles. The lowest BCUT2D eigenvalue weighted by Crippen LogP contribution is -2.23. The van der Waals surface area contributed by atoms with Crippen molar-refractivity contribution in [3.63, 3.8) is 0 Å². The monoisotopic (exact) mass is 289 g/mol. The van der Waals surface area contributed by atoms with Crippen molar-refractivity contribution in [3.8, 4) is 0 Å². The molecular formula is C13H16FN7. The van der Waals surface area contributed by atoms with Gasteiger partial charge in [-0.25, -0.2) is 10.2 Å². The first-order chi connectivity index (χ1) is 10.3. The number of anilines is 4. The number of hydrogen-bond acceptors (Lipinski definition) is 7. The minimum absolute atomic E-state index is 0.241. The topological polar surface area (TPSA) is 92.0 Å². The summed E-state index contributed by atoms with van der Waals surface area (Å²) in [7, 11) is 0. The van der Waals surface area contributed by atoms with E-state index in [-0.39, 0.29) is 17.7 Å². The predicted molar refractivity (Wildman–Crippen MR) is 78.8 cm³/mol. The zero-order valence-corrected chi connectivity index (χ0v) is 11.4. The van der Waals surface area contributed by atoms with Gasteiger partial charge in [0, 0.05) is 13.1 Å². The number of benzene rings is 1. The summed E-state index contributed by atoms with van der Waals surface area (Å²) in [6.07, 6.45) is 2.21. The van der Waals surface area contributed by atoms with Gasteiger partial charge in [0.1, 0.15) is 5.82 Å². The van der Waals surface area contributed by atoms with E-state index in [1.165, 1.54) is 6.07 Å². The smallest absolute Gasteiger partial charge is 0.243 e. The molecular weight excluding hydrogens is 273 g/mol. The normalized spacial score (nSPS) is 14.3. The molecule has 1 aliphatic heterocycles. The van der Waals surface area contributed by atoms with Gasteiger partial charge < -0.3 is 10.2 Å². The second-order valence-electron chi connectivity index (χ2n) is 4.73. The molecule has 4 N–H and O–H groups in total. The molecule has 1 saturated heterocycles. The molecule has 7 nitrogen and oxygen atoms in total. The quantitative estimate of drug-likeness (QED) is 0.582. The van der Waals surface area contributed by atoms with Crippen LogP contribution >= 0.6 is 0 Å². The molecule has 21 heavy (non-hydrogen) atoms. The molecule has 8 heteroatoms. The Labute approximate surface area is 121 Å². The molecule has 0 bridgehead atoms. The van der Waals surface area contributed by atoms with E-state index in [1.807, 2.05) is 0 Å². The zero-order chi connectivity index (χ0) is 14.7. The van der Waals surface area contributed by atoms with E-state index in [9.17, 15) is 4.39 Å². The average molecular weight is 289 g/mol. The van der Waals surface area contributed by atoms with Crippen molar-refractivity contribution in [1.29, 1.82) is 0 Å². The van der Waals surface area contributed by atoms with E-state index in [2.05, 4.69) is 30.6 Å². The molecule has 0 radical (unpaired) electrons. The van der Waals surface area contributed by atoms with E-state index in [1.54, 1.807) is 18.2 Å². The molecule has 0 atom stereocenters. The Bertz CT molecular complexity index is 628. The van der Waals surface area contributed by atoms with Crippen LogP contribution in [0.25, 0.3) is 0 Å². The number of hydrogen-bond donors (Lipinski definition) is 3. The van der Waals surface area contributed by atoms with Crippen LogP contribution in [0.2, 0.25) is 0 Å². The van der Waals surface area contributed by atoms with Crippen molar-refractivity contribution in [3.05, 3.63) is 30.1 Å². The summed E-state index contributed by atoms with van der Waals surface area (Å²) in [5.41, 5.74) is 2.71. The standard InChI is InChI=1S/C13H16FN7/c14-9-5-1-2-6-10(9)16-11-17-12(20-15)19-13(18-11)21-7-3-4-8-21/h1-2,5-6H,3-4,7-8,15H2,(H2,16,17,18,19,20). The van der Waals surface area contributed by atoms with Crippen molar-refractivity contribution in [2.75, 3.05) is 28.7 Å². The molecule has 1 aromatic heterocycles. The number of nitrogens with two attached hydrogens (primary N) is 1. The fourth-order valence-corrected chi connectivity index (χ4v) is 2.23. The summed E-state index contributed by atoms with van der Waals surface area (Å²) in [6, 6.07) is 6.34. The highest BCUT2D eigenvalue weighted by Gasteiger charge is 2.17. The fraction of sp³-hybridized carbons (Fsp3) is 0.308. The molecule has 0 spiro atoms. The fourth-order valence-electron chi connectivity index (χ4n) is 2.23. The van der Waals surface area contributed by atoms with Gasteiger partial charge in [-0.3, -0.25) is 5.43 Å². The molecule has 0 amide bonds. The molecule has 1 fully saturated rings. The van der Waals surface area contributed by atoms with Gasteiger partial charge in [-0.15, -0.1) is 0 Å². The number of hydrazine groups is 1. The Morgan fingerprint density at radius 1 is 1.05 bits per heavy atom. The minimum Gasteiger partial charge on any atom is -0.341 e. The second kappa shape index (κ2) is 5.88. The average Bonchev–Trinajstić information content (AvgIpc) is 3.04. The van der Waals surface area contributed by atoms with Gasteiger partial charge in [-0.2, -0.15) is 15.0 Å². The maximum atomic E-state index is 13.7. The molecule has 0 aliphatic carbocycles. The lowest BCUT2D eigenvalue weighted by Gasteiger charge is -2.16. The number of nitrogens with zero attached hydrogens (tertiary/aromatic N) is 4. The van der Waals surface area contributed by atoms with Gasteiger partial charge in [0.25, 0.3) is 0 Å². The highest BCUT2D eigenvalue weighted by Crippen LogP contribution is 2.21. The highest BCUT2D eigenvalue weighted by molar-refractivity contribution is 5.56. The van der Waals surface area contributed by atoms with E-state index in [0.717, 1.165) is 25.9 Å². The zero-order valence-electron chi connectivity index (χ0n) is 11.4. The van der Waals surface area contributed by atoms with Gasteiger partial charge in [0.05, 0.1) is 5.69 Å². The summed E-state index contributed by atoms with van der Waals surface area (Å²) in [5, 5.41) is 2.85. The first-order valence-corrected chi connectivity index (χ1v) is 6.75. The molecule has 3 rings (SSSR count). The molecule has 2 heterocycles. The van der Waals surface area contributed by atoms with Crippen LogP contribution in [-0.2, 0) is 0 Å². The van der Waals surface area contributed by atoms with E-state index < -0.39 is 0 Å². The number of nitrogens with one attached hydrogen (secondary N) is 2. The lowest BCUT2D eigenvalue weighted by atomic mass is 10.3. The van der Waals surface area contributed by atoms with Gasteiger partial charge in [0.15, 0.2) is 0 Å². The van der Waals surface area contributed by atoms with Crippen LogP contribution in [0, 0.1) is 5.82 Å². The highest BCUT2D eigenvalue weighted by atomic mass is 19.1. The Morgan fingerprint density at radius 2 is 1.76 bits per heavy atom. The number of nitrogen functional groups attached to an aromatic ring is 1. The van der Waals surface area contributed by atoms with Crippen molar-refractivity contribution in [2.24, 2.45) is 5.84 Å². The number of halogens is 1. The Hall–Kier alpha value is -2.48. The summed E-state index contributed by atoms with van der Waals surface area (Å²) >= 11 is 0. The van der Waals surface area contributed by atoms with Crippen LogP contribution in [0.15, 0.2) is 24.3 Å². The van der Waals surface area contributed by atoms with E-state index in [0.29, 0.717) is 11.6 Å². The summed E-state index contributed by atoms with van der Waals surface area (Å²) in [5.74, 6) is 6.05. The number of rotatable bonds is 4. The number of aromatic nitrogens is 3. The molecule has 1 aliphatic rings. The van der Waals surface area contributed by atoms with Crippen molar-refractivity contribution in [2.45, 2.75) is 12.8 Å². The summed E-state index contributed by atoms with van der Waals surface area (Å²) < 4.78 is 13.7. The third-order valence-electron chi connectivity index (χ3n) is 3.26. The third-order valence-corrected chi connectivity index (χ3v) is 3.26. The van der Waals surface area contributed by atoms with E-state index in [4.69, 9.17) is 5.84 Å². The number of para-hydroxylation sites is 1. The van der Waals surface area contributed by atoms with Gasteiger partial charge in [0.2, 0.25) is 17.8 Å². The lowest BCUT2D eigenvalue weighted by molar-refractivity contribution is 0.631. The maximum absolute atomic E-state index is 13.7. The SMILES string of the molecule is NNc1nc(Nc2ccccc2F)nc(N2CCCC2)n1. The molecule has 110 valence electrons. The summed E-state index contributed by atoms with van der Waals surface area (Å²) in [6.45, 7) is 1.79. The van der Waals surface area contributed by atoms with Crippen molar-refractivity contribution >= 4 is 23.5 Å². The molecule has 2 aromatic rings. The van der Waals surface area contributed by atoms with Gasteiger partial charge >= 0.3 is 0 Å². The van der Waals surface area contributed by atoms with Crippen LogP contribution in [-0.4, -0.2) is 28.0 Å². The van der Waals surface area contributed by atoms with Crippen molar-refractivity contribution < 1.29 is 4.39 Å². The van der Waals surface area contributed by atoms with Crippen LogP contribution in [0.5, 0.6) is 0 Å².